The summed E-state index contributed by atoms with van der Waals surface area (Å²) in [5.41, 5.74) is 2.32. The molecule has 7 nitrogen and oxygen atoms in total. The third-order valence-corrected chi connectivity index (χ3v) is 6.56. The van der Waals surface area contributed by atoms with E-state index < -0.39 is 12.0 Å². The van der Waals surface area contributed by atoms with Crippen LogP contribution in [-0.2, 0) is 9.53 Å². The Morgan fingerprint density at radius 3 is 2.17 bits per heavy atom. The number of ether oxygens (including phenoxy) is 3. The first-order valence-electron chi connectivity index (χ1n) is 12.0. The van der Waals surface area contributed by atoms with Gasteiger partial charge in [-0.15, -0.1) is 0 Å². The number of carbonyl (C=O) groups is 1. The van der Waals surface area contributed by atoms with Gasteiger partial charge in [0.25, 0.3) is 5.56 Å². The number of esters is 1. The van der Waals surface area contributed by atoms with E-state index in [-0.39, 0.29) is 11.7 Å². The summed E-state index contributed by atoms with van der Waals surface area (Å²) in [4.78, 5) is 32.0. The maximum absolute atomic E-state index is 13.7. The van der Waals surface area contributed by atoms with E-state index in [0.29, 0.717) is 33.8 Å². The van der Waals surface area contributed by atoms with Crippen molar-refractivity contribution in [2.24, 2.45) is 4.99 Å². The Kier molecular flexibility index (Phi) is 7.74. The van der Waals surface area contributed by atoms with Crippen molar-refractivity contribution in [1.29, 1.82) is 0 Å². The van der Waals surface area contributed by atoms with Crippen LogP contribution >= 0.6 is 11.3 Å². The number of hydrogen-bond acceptors (Lipinski definition) is 7. The molecule has 2 heterocycles. The normalized spacial score (nSPS) is 15.5. The number of benzene rings is 2. The molecular formula is C28H30N2O5S. The first-order valence-corrected chi connectivity index (χ1v) is 12.8. The summed E-state index contributed by atoms with van der Waals surface area (Å²) in [7, 11) is 0. The number of fused-ring (bicyclic) bond motifs is 1. The predicted molar refractivity (Wildman–Crippen MR) is 140 cm³/mol. The van der Waals surface area contributed by atoms with Gasteiger partial charge in [-0.25, -0.2) is 9.79 Å². The SMILES string of the molecule is CCOc1ccc(/C=c2/sc3n(c2=O)[C@H](c2ccc(OCC)cc2)C(C(=O)OC(C)C)=C(C)N=3)cc1. The average Bonchev–Trinajstić information content (AvgIpc) is 3.14. The topological polar surface area (TPSA) is 79.1 Å². The van der Waals surface area contributed by atoms with Crippen LogP contribution in [0.15, 0.2) is 69.6 Å². The van der Waals surface area contributed by atoms with Crippen molar-refractivity contribution in [3.63, 3.8) is 0 Å². The number of allylic oxidation sites excluding steroid dienone is 1. The maximum atomic E-state index is 13.7. The summed E-state index contributed by atoms with van der Waals surface area (Å²) in [5, 5.41) is 0. The number of aromatic nitrogens is 1. The lowest BCUT2D eigenvalue weighted by molar-refractivity contribution is -0.143. The van der Waals surface area contributed by atoms with Crippen LogP contribution in [0.25, 0.3) is 6.08 Å². The van der Waals surface area contributed by atoms with Crippen molar-refractivity contribution in [2.75, 3.05) is 13.2 Å². The van der Waals surface area contributed by atoms with Gasteiger partial charge in [0.2, 0.25) is 0 Å². The van der Waals surface area contributed by atoms with Crippen LogP contribution in [0.4, 0.5) is 0 Å². The molecule has 1 aromatic heterocycles. The molecule has 0 fully saturated rings. The zero-order chi connectivity index (χ0) is 25.8. The lowest BCUT2D eigenvalue weighted by Gasteiger charge is -2.25. The highest BCUT2D eigenvalue weighted by molar-refractivity contribution is 7.07. The molecule has 0 saturated heterocycles. The van der Waals surface area contributed by atoms with Gasteiger partial charge in [0, 0.05) is 0 Å². The first kappa shape index (κ1) is 25.4. The highest BCUT2D eigenvalue weighted by atomic mass is 32.1. The van der Waals surface area contributed by atoms with Gasteiger partial charge in [0.15, 0.2) is 4.80 Å². The zero-order valence-electron chi connectivity index (χ0n) is 21.1. The van der Waals surface area contributed by atoms with Crippen LogP contribution in [0.5, 0.6) is 11.5 Å². The second-order valence-corrected chi connectivity index (χ2v) is 9.55. The summed E-state index contributed by atoms with van der Waals surface area (Å²) < 4.78 is 18.8. The van der Waals surface area contributed by atoms with Gasteiger partial charge >= 0.3 is 5.97 Å². The van der Waals surface area contributed by atoms with Crippen LogP contribution in [0, 0.1) is 0 Å². The third kappa shape index (κ3) is 5.28. The molecule has 8 heteroatoms. The summed E-state index contributed by atoms with van der Waals surface area (Å²) in [6.07, 6.45) is 1.53. The van der Waals surface area contributed by atoms with E-state index in [1.807, 2.05) is 68.5 Å². The van der Waals surface area contributed by atoms with Crippen molar-refractivity contribution in [1.82, 2.24) is 4.57 Å². The zero-order valence-corrected chi connectivity index (χ0v) is 21.9. The second-order valence-electron chi connectivity index (χ2n) is 8.54. The van der Waals surface area contributed by atoms with Gasteiger partial charge in [-0.1, -0.05) is 35.6 Å². The van der Waals surface area contributed by atoms with Crippen LogP contribution < -0.4 is 24.4 Å². The summed E-state index contributed by atoms with van der Waals surface area (Å²) in [6.45, 7) is 10.4. The van der Waals surface area contributed by atoms with E-state index in [1.54, 1.807) is 25.3 Å². The van der Waals surface area contributed by atoms with Crippen molar-refractivity contribution < 1.29 is 19.0 Å². The van der Waals surface area contributed by atoms with E-state index in [2.05, 4.69) is 4.99 Å². The smallest absolute Gasteiger partial charge is 0.338 e. The van der Waals surface area contributed by atoms with Gasteiger partial charge in [0.05, 0.1) is 41.2 Å². The highest BCUT2D eigenvalue weighted by Crippen LogP contribution is 2.32. The number of nitrogens with zero attached hydrogens (tertiary/aromatic N) is 2. The molecule has 1 aliphatic heterocycles. The van der Waals surface area contributed by atoms with Crippen LogP contribution in [0.2, 0.25) is 0 Å². The first-order chi connectivity index (χ1) is 17.3. The molecule has 0 aliphatic carbocycles. The fourth-order valence-electron chi connectivity index (χ4n) is 4.07. The number of thiazole rings is 1. The molecule has 0 unspecified atom stereocenters. The molecule has 0 bridgehead atoms. The number of carbonyl (C=O) groups excluding carboxylic acids is 1. The van der Waals surface area contributed by atoms with Gasteiger partial charge in [0.1, 0.15) is 11.5 Å². The van der Waals surface area contributed by atoms with Gasteiger partial charge in [-0.2, -0.15) is 0 Å². The summed E-state index contributed by atoms with van der Waals surface area (Å²) in [5.74, 6) is 1.01. The Labute approximate surface area is 214 Å². The standard InChI is InChI=1S/C28H30N2O5S/c1-6-33-21-12-8-19(9-13-21)16-23-26(31)30-25(20-10-14-22(15-11-20)34-7-2)24(27(32)35-17(3)4)18(5)29-28(30)36-23/h8-17,25H,6-7H2,1-5H3/b23-16+/t25-/m1/s1. The Hall–Kier alpha value is -3.65. The monoisotopic (exact) mass is 506 g/mol. The fraction of sp³-hybridized carbons (Fsp3) is 0.321. The third-order valence-electron chi connectivity index (χ3n) is 5.58. The molecule has 0 saturated carbocycles. The average molecular weight is 507 g/mol. The molecule has 1 aliphatic rings. The van der Waals surface area contributed by atoms with E-state index in [9.17, 15) is 9.59 Å². The fourth-order valence-corrected chi connectivity index (χ4v) is 5.11. The Balaban J connectivity index is 1.85. The van der Waals surface area contributed by atoms with E-state index in [1.165, 1.54) is 11.3 Å². The summed E-state index contributed by atoms with van der Waals surface area (Å²) >= 11 is 1.30. The minimum Gasteiger partial charge on any atom is -0.494 e. The van der Waals surface area contributed by atoms with E-state index in [0.717, 1.165) is 22.6 Å². The largest absolute Gasteiger partial charge is 0.494 e. The number of hydrogen-bond donors (Lipinski definition) is 0. The van der Waals surface area contributed by atoms with Crippen molar-refractivity contribution in [3.8, 4) is 11.5 Å². The van der Waals surface area contributed by atoms with Crippen LogP contribution in [-0.4, -0.2) is 29.9 Å². The lowest BCUT2D eigenvalue weighted by Crippen LogP contribution is -2.40. The summed E-state index contributed by atoms with van der Waals surface area (Å²) in [6, 6.07) is 14.3. The van der Waals surface area contributed by atoms with E-state index >= 15 is 0 Å². The Bertz CT molecular complexity index is 1450. The Morgan fingerprint density at radius 1 is 1.03 bits per heavy atom. The molecule has 0 spiro atoms. The molecule has 0 N–H and O–H groups in total. The van der Waals surface area contributed by atoms with E-state index in [4.69, 9.17) is 14.2 Å². The maximum Gasteiger partial charge on any atom is 0.338 e. The van der Waals surface area contributed by atoms with Crippen LogP contribution in [0.1, 0.15) is 51.8 Å². The minimum absolute atomic E-state index is 0.214. The highest BCUT2D eigenvalue weighted by Gasteiger charge is 2.33. The molecular weight excluding hydrogens is 476 g/mol. The second kappa shape index (κ2) is 11.0. The van der Waals surface area contributed by atoms with Crippen molar-refractivity contribution in [2.45, 2.75) is 46.8 Å². The molecule has 2 aromatic carbocycles. The quantitative estimate of drug-likeness (QED) is 0.432. The van der Waals surface area contributed by atoms with Crippen molar-refractivity contribution >= 4 is 23.4 Å². The number of rotatable bonds is 8. The van der Waals surface area contributed by atoms with Gasteiger partial charge < -0.3 is 14.2 Å². The minimum atomic E-state index is -0.661. The lowest BCUT2D eigenvalue weighted by atomic mass is 9.96. The van der Waals surface area contributed by atoms with Crippen LogP contribution in [0.3, 0.4) is 0 Å². The van der Waals surface area contributed by atoms with Gasteiger partial charge in [-0.3, -0.25) is 9.36 Å². The molecule has 4 rings (SSSR count). The van der Waals surface area contributed by atoms with Gasteiger partial charge in [-0.05, 0) is 76.1 Å². The predicted octanol–water partition coefficient (Wildman–Crippen LogP) is 3.98. The molecule has 188 valence electrons. The molecule has 36 heavy (non-hydrogen) atoms. The molecule has 1 atom stereocenters. The Morgan fingerprint density at radius 2 is 1.61 bits per heavy atom. The molecule has 0 amide bonds. The molecule has 0 radical (unpaired) electrons. The van der Waals surface area contributed by atoms with Crippen molar-refractivity contribution in [3.05, 3.63) is 90.6 Å². The molecule has 3 aromatic rings.